The van der Waals surface area contributed by atoms with Gasteiger partial charge < -0.3 is 9.53 Å². The molecular formula is C17H15F3O2. The van der Waals surface area contributed by atoms with Crippen molar-refractivity contribution in [2.45, 2.75) is 26.4 Å². The molecule has 2 nitrogen and oxygen atoms in total. The lowest BCUT2D eigenvalue weighted by Crippen LogP contribution is -2.04. The maximum Gasteiger partial charge on any atom is 0.416 e. The lowest BCUT2D eigenvalue weighted by Gasteiger charge is -2.12. The van der Waals surface area contributed by atoms with E-state index in [9.17, 15) is 18.0 Å². The minimum atomic E-state index is -4.36. The predicted molar refractivity (Wildman–Crippen MR) is 77.2 cm³/mol. The molecule has 5 heteroatoms. The molecule has 2 rings (SSSR count). The molecule has 0 saturated heterocycles. The zero-order valence-electron chi connectivity index (χ0n) is 12.2. The largest absolute Gasteiger partial charge is 0.457 e. The van der Waals surface area contributed by atoms with Gasteiger partial charge in [-0.3, -0.25) is 0 Å². The molecule has 0 aliphatic rings. The van der Waals surface area contributed by atoms with Crippen molar-refractivity contribution >= 4 is 6.29 Å². The first-order valence-electron chi connectivity index (χ1n) is 6.70. The van der Waals surface area contributed by atoms with Crippen LogP contribution in [-0.2, 0) is 17.4 Å². The Bertz CT molecular complexity index is 650. The molecular weight excluding hydrogens is 293 g/mol. The molecule has 0 bridgehead atoms. The normalized spacial score (nSPS) is 11.3. The summed E-state index contributed by atoms with van der Waals surface area (Å²) in [5.74, 6) is 0.861. The van der Waals surface area contributed by atoms with E-state index in [0.29, 0.717) is 17.9 Å². The van der Waals surface area contributed by atoms with Crippen LogP contribution in [0.5, 0.6) is 11.5 Å². The second-order valence-corrected chi connectivity index (χ2v) is 5.03. The van der Waals surface area contributed by atoms with Crippen LogP contribution in [0.25, 0.3) is 0 Å². The van der Waals surface area contributed by atoms with E-state index >= 15 is 0 Å². The number of aryl methyl sites for hydroxylation is 2. The minimum absolute atomic E-state index is 0.329. The van der Waals surface area contributed by atoms with E-state index < -0.39 is 11.7 Å². The monoisotopic (exact) mass is 308 g/mol. The molecule has 0 aliphatic carbocycles. The summed E-state index contributed by atoms with van der Waals surface area (Å²) in [5.41, 5.74) is 2.05. The second kappa shape index (κ2) is 6.22. The van der Waals surface area contributed by atoms with Gasteiger partial charge in [0.25, 0.3) is 0 Å². The van der Waals surface area contributed by atoms with Gasteiger partial charge in [0.1, 0.15) is 17.8 Å². The first-order chi connectivity index (χ1) is 10.3. The van der Waals surface area contributed by atoms with Crippen molar-refractivity contribution in [3.8, 4) is 11.5 Å². The maximum atomic E-state index is 12.5. The molecule has 2 aromatic rings. The molecule has 0 aliphatic heterocycles. The molecule has 22 heavy (non-hydrogen) atoms. The first-order valence-corrected chi connectivity index (χ1v) is 6.70. The van der Waals surface area contributed by atoms with Crippen LogP contribution in [0.2, 0.25) is 0 Å². The average Bonchev–Trinajstić information content (AvgIpc) is 2.42. The zero-order chi connectivity index (χ0) is 16.3. The van der Waals surface area contributed by atoms with Gasteiger partial charge in [0.05, 0.1) is 5.56 Å². The number of carbonyl (C=O) groups excluding carboxylic acids is 1. The molecule has 0 heterocycles. The summed E-state index contributed by atoms with van der Waals surface area (Å²) >= 11 is 0. The Hall–Kier alpha value is -2.30. The zero-order valence-corrected chi connectivity index (χ0v) is 12.2. The van der Waals surface area contributed by atoms with Gasteiger partial charge in [-0.05, 0) is 66.9 Å². The summed E-state index contributed by atoms with van der Waals surface area (Å²) in [4.78, 5) is 10.6. The van der Waals surface area contributed by atoms with Gasteiger partial charge in [0, 0.05) is 6.42 Å². The van der Waals surface area contributed by atoms with E-state index in [4.69, 9.17) is 4.74 Å². The van der Waals surface area contributed by atoms with Gasteiger partial charge in [-0.15, -0.1) is 0 Å². The van der Waals surface area contributed by atoms with Crippen LogP contribution in [0, 0.1) is 13.8 Å². The second-order valence-electron chi connectivity index (χ2n) is 5.03. The lowest BCUT2D eigenvalue weighted by atomic mass is 10.0. The van der Waals surface area contributed by atoms with E-state index in [-0.39, 0.29) is 0 Å². The third-order valence-electron chi connectivity index (χ3n) is 3.37. The van der Waals surface area contributed by atoms with Gasteiger partial charge in [0.15, 0.2) is 0 Å². The fourth-order valence-electron chi connectivity index (χ4n) is 2.27. The van der Waals surface area contributed by atoms with Crippen molar-refractivity contribution < 1.29 is 22.7 Å². The number of halogens is 3. The third-order valence-corrected chi connectivity index (χ3v) is 3.37. The molecule has 0 spiro atoms. The van der Waals surface area contributed by atoms with Crippen LogP contribution in [0.4, 0.5) is 13.2 Å². The number of benzene rings is 2. The van der Waals surface area contributed by atoms with E-state index in [1.807, 2.05) is 13.8 Å². The number of rotatable bonds is 4. The number of ether oxygens (including phenoxy) is 1. The van der Waals surface area contributed by atoms with Crippen molar-refractivity contribution in [3.63, 3.8) is 0 Å². The molecule has 0 N–H and O–H groups in total. The highest BCUT2D eigenvalue weighted by atomic mass is 19.4. The predicted octanol–water partition coefficient (Wildman–Crippen LogP) is 4.86. The van der Waals surface area contributed by atoms with Crippen LogP contribution in [-0.4, -0.2) is 6.29 Å². The molecule has 0 unspecified atom stereocenters. The fraction of sp³-hybridized carbons (Fsp3) is 0.235. The molecule has 0 atom stereocenters. The third kappa shape index (κ3) is 3.67. The highest BCUT2D eigenvalue weighted by Crippen LogP contribution is 2.32. The quantitative estimate of drug-likeness (QED) is 0.754. The van der Waals surface area contributed by atoms with Crippen molar-refractivity contribution in [2.24, 2.45) is 0 Å². The van der Waals surface area contributed by atoms with Gasteiger partial charge in [-0.25, -0.2) is 0 Å². The standard InChI is InChI=1S/C17H15F3O2/c1-11-9-15(10-12(2)16(11)7-8-21)22-14-5-3-13(4-6-14)17(18,19)20/h3-6,8-10H,7H2,1-2H3. The van der Waals surface area contributed by atoms with Gasteiger partial charge in [0.2, 0.25) is 0 Å². The van der Waals surface area contributed by atoms with Crippen molar-refractivity contribution in [1.29, 1.82) is 0 Å². The molecule has 2 aromatic carbocycles. The topological polar surface area (TPSA) is 26.3 Å². The highest BCUT2D eigenvalue weighted by Gasteiger charge is 2.30. The highest BCUT2D eigenvalue weighted by molar-refractivity contribution is 5.58. The maximum absolute atomic E-state index is 12.5. The first kappa shape index (κ1) is 16.1. The summed E-state index contributed by atoms with van der Waals surface area (Å²) < 4.78 is 43.1. The minimum Gasteiger partial charge on any atom is -0.457 e. The molecule has 0 amide bonds. The summed E-state index contributed by atoms with van der Waals surface area (Å²) in [5, 5.41) is 0. The molecule has 0 radical (unpaired) electrons. The van der Waals surface area contributed by atoms with Crippen LogP contribution in [0.3, 0.4) is 0 Å². The Kier molecular flexibility index (Phi) is 4.54. The van der Waals surface area contributed by atoms with E-state index in [1.165, 1.54) is 12.1 Å². The number of hydrogen-bond acceptors (Lipinski definition) is 2. The van der Waals surface area contributed by atoms with Crippen molar-refractivity contribution in [3.05, 3.63) is 58.7 Å². The molecule has 0 fully saturated rings. The molecule has 116 valence electrons. The Morgan fingerprint density at radius 1 is 1.00 bits per heavy atom. The van der Waals surface area contributed by atoms with E-state index in [1.54, 1.807) is 12.1 Å². The van der Waals surface area contributed by atoms with E-state index in [2.05, 4.69) is 0 Å². The van der Waals surface area contributed by atoms with Gasteiger partial charge in [-0.2, -0.15) is 13.2 Å². The molecule has 0 aromatic heterocycles. The smallest absolute Gasteiger partial charge is 0.416 e. The summed E-state index contributed by atoms with van der Waals surface area (Å²) in [6, 6.07) is 8.07. The molecule has 0 saturated carbocycles. The fourth-order valence-corrected chi connectivity index (χ4v) is 2.27. The Morgan fingerprint density at radius 2 is 1.55 bits per heavy atom. The van der Waals surface area contributed by atoms with Gasteiger partial charge in [-0.1, -0.05) is 0 Å². The van der Waals surface area contributed by atoms with Gasteiger partial charge >= 0.3 is 6.18 Å². The van der Waals surface area contributed by atoms with Crippen molar-refractivity contribution in [2.75, 3.05) is 0 Å². The van der Waals surface area contributed by atoms with Crippen molar-refractivity contribution in [1.82, 2.24) is 0 Å². The summed E-state index contributed by atoms with van der Waals surface area (Å²) in [6.07, 6.45) is -3.19. The number of aldehydes is 1. The summed E-state index contributed by atoms with van der Waals surface area (Å²) in [7, 11) is 0. The Balaban J connectivity index is 2.22. The summed E-state index contributed by atoms with van der Waals surface area (Å²) in [6.45, 7) is 3.73. The lowest BCUT2D eigenvalue weighted by molar-refractivity contribution is -0.137. The Labute approximate surface area is 126 Å². The van der Waals surface area contributed by atoms with Crippen LogP contribution < -0.4 is 4.74 Å². The van der Waals surface area contributed by atoms with Crippen LogP contribution in [0.15, 0.2) is 36.4 Å². The Morgan fingerprint density at radius 3 is 2.00 bits per heavy atom. The number of alkyl halides is 3. The average molecular weight is 308 g/mol. The van der Waals surface area contributed by atoms with Crippen LogP contribution >= 0.6 is 0 Å². The van der Waals surface area contributed by atoms with E-state index in [0.717, 1.165) is 35.1 Å². The van der Waals surface area contributed by atoms with Crippen LogP contribution in [0.1, 0.15) is 22.3 Å². The number of hydrogen-bond donors (Lipinski definition) is 0. The number of carbonyl (C=O) groups is 1. The SMILES string of the molecule is Cc1cc(Oc2ccc(C(F)(F)F)cc2)cc(C)c1CC=O.